The Morgan fingerprint density at radius 1 is 0.935 bits per heavy atom. The van der Waals surface area contributed by atoms with Crippen molar-refractivity contribution < 1.29 is 0 Å². The minimum absolute atomic E-state index is 0.721. The molecule has 0 aliphatic carbocycles. The van der Waals surface area contributed by atoms with Crippen molar-refractivity contribution in [2.45, 2.75) is 0 Å². The van der Waals surface area contributed by atoms with Gasteiger partial charge in [-0.15, -0.1) is 0 Å². The van der Waals surface area contributed by atoms with Crippen LogP contribution < -0.4 is 4.90 Å². The molecule has 0 spiro atoms. The molecule has 2 N–H and O–H groups in total. The fraction of sp³-hybridized carbons (Fsp3) is 0.227. The van der Waals surface area contributed by atoms with Crippen molar-refractivity contribution in [1.29, 1.82) is 0 Å². The monoisotopic (exact) mass is 411 g/mol. The number of para-hydroxylation sites is 1. The molecule has 9 heteroatoms. The Bertz CT molecular complexity index is 1360. The molecule has 1 aromatic carbocycles. The van der Waals surface area contributed by atoms with Crippen molar-refractivity contribution >= 4 is 27.6 Å². The number of pyridine rings is 1. The van der Waals surface area contributed by atoms with Gasteiger partial charge in [-0.3, -0.25) is 20.1 Å². The standard InChI is InChI=1S/C22H21N9/c1-30-7-9-31(10-8-30)19-4-2-3-15-21(19)27-22(26-15)20-14-11-16(18-12-23-5-6-24-18)25-13-17(14)28-29-20/h2-6,11-13H,7-10H2,1H3,(H,26,27)(H,28,29). The van der Waals surface area contributed by atoms with Gasteiger partial charge in [-0.1, -0.05) is 6.07 Å². The summed E-state index contributed by atoms with van der Waals surface area (Å²) in [5.74, 6) is 0.735. The maximum absolute atomic E-state index is 4.96. The van der Waals surface area contributed by atoms with E-state index < -0.39 is 0 Å². The van der Waals surface area contributed by atoms with Crippen molar-refractivity contribution in [3.8, 4) is 22.9 Å². The molecular formula is C22H21N9. The molecule has 0 atom stereocenters. The number of nitrogens with one attached hydrogen (secondary N) is 2. The van der Waals surface area contributed by atoms with Crippen LogP contribution in [-0.4, -0.2) is 73.2 Å². The summed E-state index contributed by atoms with van der Waals surface area (Å²) in [6.45, 7) is 4.10. The lowest BCUT2D eigenvalue weighted by atomic mass is 10.2. The lowest BCUT2D eigenvalue weighted by Gasteiger charge is -2.34. The summed E-state index contributed by atoms with van der Waals surface area (Å²) in [4.78, 5) is 26.2. The van der Waals surface area contributed by atoms with Gasteiger partial charge < -0.3 is 14.8 Å². The van der Waals surface area contributed by atoms with Crippen molar-refractivity contribution in [3.05, 3.63) is 49.1 Å². The van der Waals surface area contributed by atoms with Crippen LogP contribution in [0.1, 0.15) is 0 Å². The molecule has 0 bridgehead atoms. The molecule has 0 unspecified atom stereocenters. The summed E-state index contributed by atoms with van der Waals surface area (Å²) in [6, 6.07) is 8.27. The highest BCUT2D eigenvalue weighted by Gasteiger charge is 2.20. The normalized spacial score (nSPS) is 15.2. The van der Waals surface area contributed by atoms with Gasteiger partial charge in [-0.2, -0.15) is 5.10 Å². The van der Waals surface area contributed by atoms with E-state index in [4.69, 9.17) is 4.98 Å². The summed E-state index contributed by atoms with van der Waals surface area (Å²) in [6.07, 6.45) is 6.79. The van der Waals surface area contributed by atoms with Crippen LogP contribution in [0.3, 0.4) is 0 Å². The lowest BCUT2D eigenvalue weighted by molar-refractivity contribution is 0.313. The summed E-state index contributed by atoms with van der Waals surface area (Å²) in [5, 5.41) is 8.54. The maximum atomic E-state index is 4.96. The molecule has 5 heterocycles. The molecule has 0 radical (unpaired) electrons. The van der Waals surface area contributed by atoms with E-state index in [1.165, 1.54) is 0 Å². The number of benzene rings is 1. The zero-order valence-corrected chi connectivity index (χ0v) is 17.1. The minimum Gasteiger partial charge on any atom is -0.367 e. The second kappa shape index (κ2) is 7.13. The summed E-state index contributed by atoms with van der Waals surface area (Å²) in [5.41, 5.74) is 6.23. The quantitative estimate of drug-likeness (QED) is 0.471. The first kappa shape index (κ1) is 18.0. The average molecular weight is 411 g/mol. The Morgan fingerprint density at radius 2 is 1.84 bits per heavy atom. The molecule has 1 fully saturated rings. The van der Waals surface area contributed by atoms with Crippen LogP contribution in [0.2, 0.25) is 0 Å². The Labute approximate surface area is 178 Å². The molecule has 4 aromatic heterocycles. The first-order valence-corrected chi connectivity index (χ1v) is 10.3. The van der Waals surface area contributed by atoms with Gasteiger partial charge in [0.2, 0.25) is 0 Å². The van der Waals surface area contributed by atoms with Crippen molar-refractivity contribution in [3.63, 3.8) is 0 Å². The van der Waals surface area contributed by atoms with Crippen LogP contribution in [0.25, 0.3) is 44.8 Å². The number of piperazine rings is 1. The lowest BCUT2D eigenvalue weighted by Crippen LogP contribution is -2.44. The van der Waals surface area contributed by atoms with Crippen LogP contribution in [0, 0.1) is 0 Å². The zero-order valence-electron chi connectivity index (χ0n) is 17.1. The SMILES string of the molecule is CN1CCN(c2cccc3[nH]c(-c4n[nH]c5cnc(-c6cnccn6)cc45)nc23)CC1. The van der Waals surface area contributed by atoms with E-state index >= 15 is 0 Å². The van der Waals surface area contributed by atoms with Crippen molar-refractivity contribution in [1.82, 2.24) is 40.0 Å². The first-order chi connectivity index (χ1) is 15.3. The first-order valence-electron chi connectivity index (χ1n) is 10.3. The van der Waals surface area contributed by atoms with Gasteiger partial charge in [0.15, 0.2) is 5.82 Å². The highest BCUT2D eigenvalue weighted by atomic mass is 15.3. The zero-order chi connectivity index (χ0) is 20.8. The number of rotatable bonds is 3. The molecule has 1 saturated heterocycles. The Kier molecular flexibility index (Phi) is 4.13. The van der Waals surface area contributed by atoms with E-state index in [2.05, 4.69) is 65.2 Å². The molecule has 31 heavy (non-hydrogen) atoms. The third-order valence-corrected chi connectivity index (χ3v) is 5.83. The van der Waals surface area contributed by atoms with Crippen LogP contribution in [-0.2, 0) is 0 Å². The van der Waals surface area contributed by atoms with Gasteiger partial charge in [0, 0.05) is 44.0 Å². The van der Waals surface area contributed by atoms with Crippen molar-refractivity contribution in [2.75, 3.05) is 38.1 Å². The summed E-state index contributed by atoms with van der Waals surface area (Å²) >= 11 is 0. The molecule has 1 aliphatic rings. The fourth-order valence-corrected chi connectivity index (χ4v) is 4.10. The van der Waals surface area contributed by atoms with E-state index in [0.717, 1.165) is 76.7 Å². The summed E-state index contributed by atoms with van der Waals surface area (Å²) < 4.78 is 0. The summed E-state index contributed by atoms with van der Waals surface area (Å²) in [7, 11) is 2.16. The van der Waals surface area contributed by atoms with E-state index in [9.17, 15) is 0 Å². The second-order valence-electron chi connectivity index (χ2n) is 7.83. The number of hydrogen-bond donors (Lipinski definition) is 2. The van der Waals surface area contributed by atoms with E-state index in [1.54, 1.807) is 24.8 Å². The van der Waals surface area contributed by atoms with Crippen molar-refractivity contribution in [2.24, 2.45) is 0 Å². The van der Waals surface area contributed by atoms with Gasteiger partial charge >= 0.3 is 0 Å². The van der Waals surface area contributed by atoms with Gasteiger partial charge in [0.1, 0.15) is 16.9 Å². The predicted octanol–water partition coefficient (Wildman–Crippen LogP) is 2.71. The molecule has 0 amide bonds. The highest BCUT2D eigenvalue weighted by molar-refractivity contribution is 5.96. The fourth-order valence-electron chi connectivity index (χ4n) is 4.10. The van der Waals surface area contributed by atoms with E-state index in [-0.39, 0.29) is 0 Å². The predicted molar refractivity (Wildman–Crippen MR) is 120 cm³/mol. The van der Waals surface area contributed by atoms with Gasteiger partial charge in [-0.05, 0) is 25.2 Å². The molecule has 5 aromatic rings. The Hall–Kier alpha value is -3.85. The molecule has 0 saturated carbocycles. The second-order valence-corrected chi connectivity index (χ2v) is 7.83. The van der Waals surface area contributed by atoms with Crippen LogP contribution in [0.4, 0.5) is 5.69 Å². The number of H-pyrrole nitrogens is 2. The average Bonchev–Trinajstić information content (AvgIpc) is 3.43. The number of fused-ring (bicyclic) bond motifs is 2. The third-order valence-electron chi connectivity index (χ3n) is 5.83. The number of aromatic nitrogens is 7. The maximum Gasteiger partial charge on any atom is 0.159 e. The van der Waals surface area contributed by atoms with Gasteiger partial charge in [0.25, 0.3) is 0 Å². The molecule has 1 aliphatic heterocycles. The minimum atomic E-state index is 0.721. The molecule has 9 nitrogen and oxygen atoms in total. The number of anilines is 1. The van der Waals surface area contributed by atoms with E-state index in [0.29, 0.717) is 0 Å². The van der Waals surface area contributed by atoms with Crippen LogP contribution >= 0.6 is 0 Å². The van der Waals surface area contributed by atoms with Gasteiger partial charge in [-0.25, -0.2) is 4.98 Å². The smallest absolute Gasteiger partial charge is 0.159 e. The number of imidazole rings is 1. The number of nitrogens with zero attached hydrogens (tertiary/aromatic N) is 7. The molecule has 6 rings (SSSR count). The number of likely N-dealkylation sites (N-methyl/N-ethyl adjacent to an activating group) is 1. The topological polar surface area (TPSA) is 103 Å². The number of aromatic amines is 2. The van der Waals surface area contributed by atoms with Crippen LogP contribution in [0.15, 0.2) is 49.1 Å². The third kappa shape index (κ3) is 3.10. The van der Waals surface area contributed by atoms with Crippen LogP contribution in [0.5, 0.6) is 0 Å². The molecule has 154 valence electrons. The largest absolute Gasteiger partial charge is 0.367 e. The van der Waals surface area contributed by atoms with E-state index in [1.807, 2.05) is 6.07 Å². The number of hydrogen-bond acceptors (Lipinski definition) is 7. The molecular weight excluding hydrogens is 390 g/mol. The van der Waals surface area contributed by atoms with Gasteiger partial charge in [0.05, 0.1) is 34.8 Å². The Balaban J connectivity index is 1.44. The highest BCUT2D eigenvalue weighted by Crippen LogP contribution is 2.31. The Morgan fingerprint density at radius 3 is 2.68 bits per heavy atom.